The number of carbonyl (C=O) groups is 1. The molecule has 0 aliphatic heterocycles. The lowest BCUT2D eigenvalue weighted by Crippen LogP contribution is -2.08. The molecule has 98 valence electrons. The molecule has 0 aliphatic carbocycles. The van der Waals surface area contributed by atoms with Crippen molar-refractivity contribution in [3.63, 3.8) is 0 Å². The largest absolute Gasteiger partial charge is 0.508 e. The number of nitrogens with zero attached hydrogens (tertiary/aromatic N) is 1. The first kappa shape index (κ1) is 13.0. The van der Waals surface area contributed by atoms with Gasteiger partial charge in [-0.3, -0.25) is 4.79 Å². The van der Waals surface area contributed by atoms with E-state index in [0.29, 0.717) is 16.7 Å². The van der Waals surface area contributed by atoms with Crippen molar-refractivity contribution in [3.05, 3.63) is 42.0 Å². The molecular formula is C15H15NO3. The number of hydrogen-bond acceptors (Lipinski definition) is 4. The number of carbonyl (C=O) groups excluding carboxylic acids is 1. The number of aromatic hydroxyl groups is 2. The van der Waals surface area contributed by atoms with Crippen LogP contribution in [0.1, 0.15) is 10.4 Å². The van der Waals surface area contributed by atoms with E-state index in [4.69, 9.17) is 0 Å². The minimum absolute atomic E-state index is 0.0248. The highest BCUT2D eigenvalue weighted by Crippen LogP contribution is 2.35. The van der Waals surface area contributed by atoms with Crippen LogP contribution in [0.4, 0.5) is 5.69 Å². The Bertz CT molecular complexity index is 621. The fourth-order valence-corrected chi connectivity index (χ4v) is 1.90. The topological polar surface area (TPSA) is 60.8 Å². The number of rotatable bonds is 3. The second kappa shape index (κ2) is 5.02. The Labute approximate surface area is 111 Å². The number of anilines is 1. The highest BCUT2D eigenvalue weighted by Gasteiger charge is 2.11. The first-order chi connectivity index (χ1) is 9.02. The fourth-order valence-electron chi connectivity index (χ4n) is 1.90. The Morgan fingerprint density at radius 3 is 2.37 bits per heavy atom. The van der Waals surface area contributed by atoms with E-state index in [1.807, 2.05) is 25.1 Å². The minimum atomic E-state index is 0.0248. The number of benzene rings is 2. The van der Waals surface area contributed by atoms with Crippen LogP contribution in [0.5, 0.6) is 11.5 Å². The average Bonchev–Trinajstić information content (AvgIpc) is 2.40. The van der Waals surface area contributed by atoms with Crippen LogP contribution in [0.2, 0.25) is 0 Å². The summed E-state index contributed by atoms with van der Waals surface area (Å²) >= 11 is 0. The Hall–Kier alpha value is -2.49. The van der Waals surface area contributed by atoms with Gasteiger partial charge in [-0.25, -0.2) is 0 Å². The minimum Gasteiger partial charge on any atom is -0.508 e. The fraction of sp³-hybridized carbons (Fsp3) is 0.133. The van der Waals surface area contributed by atoms with E-state index >= 15 is 0 Å². The second-order valence-electron chi connectivity index (χ2n) is 4.49. The smallest absolute Gasteiger partial charge is 0.150 e. The van der Waals surface area contributed by atoms with Gasteiger partial charge < -0.3 is 15.1 Å². The van der Waals surface area contributed by atoms with Gasteiger partial charge in [-0.05, 0) is 42.0 Å². The van der Waals surface area contributed by atoms with Gasteiger partial charge in [0.05, 0.1) is 0 Å². The van der Waals surface area contributed by atoms with E-state index in [1.165, 1.54) is 18.2 Å². The molecule has 19 heavy (non-hydrogen) atoms. The Morgan fingerprint density at radius 2 is 1.74 bits per heavy atom. The van der Waals surface area contributed by atoms with Gasteiger partial charge in [-0.15, -0.1) is 0 Å². The van der Waals surface area contributed by atoms with Crippen LogP contribution in [0.15, 0.2) is 36.4 Å². The molecule has 0 aromatic heterocycles. The molecule has 0 saturated heterocycles. The van der Waals surface area contributed by atoms with Gasteiger partial charge in [0.1, 0.15) is 11.5 Å². The Balaban J connectivity index is 2.68. The van der Waals surface area contributed by atoms with Crippen LogP contribution in [-0.4, -0.2) is 30.6 Å². The molecule has 0 fully saturated rings. The van der Waals surface area contributed by atoms with Crippen molar-refractivity contribution in [2.45, 2.75) is 0 Å². The van der Waals surface area contributed by atoms with E-state index < -0.39 is 0 Å². The van der Waals surface area contributed by atoms with Crippen LogP contribution in [0.3, 0.4) is 0 Å². The summed E-state index contributed by atoms with van der Waals surface area (Å²) in [6.07, 6.45) is 0.734. The van der Waals surface area contributed by atoms with Gasteiger partial charge in [0.2, 0.25) is 0 Å². The van der Waals surface area contributed by atoms with Gasteiger partial charge in [0.15, 0.2) is 6.29 Å². The lowest BCUT2D eigenvalue weighted by Gasteiger charge is -2.15. The molecular weight excluding hydrogens is 242 g/mol. The molecule has 0 bridgehead atoms. The van der Waals surface area contributed by atoms with Crippen molar-refractivity contribution in [2.75, 3.05) is 19.0 Å². The summed E-state index contributed by atoms with van der Waals surface area (Å²) in [5.41, 5.74) is 2.40. The molecule has 2 aromatic carbocycles. The summed E-state index contributed by atoms with van der Waals surface area (Å²) in [6.45, 7) is 0. The third kappa shape index (κ3) is 2.52. The standard InChI is InChI=1S/C15H15NO3/c1-16(2)11-4-3-10(9-17)13(7-11)14-8-12(18)5-6-15(14)19/h3-9,18-19H,1-2H3. The zero-order chi connectivity index (χ0) is 14.0. The zero-order valence-electron chi connectivity index (χ0n) is 10.8. The van der Waals surface area contributed by atoms with E-state index in [-0.39, 0.29) is 11.5 Å². The summed E-state index contributed by atoms with van der Waals surface area (Å²) in [6, 6.07) is 9.57. The molecule has 0 heterocycles. The first-order valence-corrected chi connectivity index (χ1v) is 5.82. The number of phenols is 2. The monoisotopic (exact) mass is 257 g/mol. The Kier molecular flexibility index (Phi) is 3.42. The van der Waals surface area contributed by atoms with Crippen LogP contribution in [-0.2, 0) is 0 Å². The zero-order valence-corrected chi connectivity index (χ0v) is 10.8. The van der Waals surface area contributed by atoms with Crippen LogP contribution in [0.25, 0.3) is 11.1 Å². The predicted octanol–water partition coefficient (Wildman–Crippen LogP) is 2.64. The maximum Gasteiger partial charge on any atom is 0.150 e. The average molecular weight is 257 g/mol. The maximum absolute atomic E-state index is 11.1. The van der Waals surface area contributed by atoms with Gasteiger partial charge in [-0.1, -0.05) is 0 Å². The van der Waals surface area contributed by atoms with Gasteiger partial charge in [0, 0.05) is 30.9 Å². The maximum atomic E-state index is 11.1. The molecule has 0 unspecified atom stereocenters. The SMILES string of the molecule is CN(C)c1ccc(C=O)c(-c2cc(O)ccc2O)c1. The van der Waals surface area contributed by atoms with Gasteiger partial charge in [0.25, 0.3) is 0 Å². The summed E-state index contributed by atoms with van der Waals surface area (Å²) in [5, 5.41) is 19.4. The number of hydrogen-bond donors (Lipinski definition) is 2. The first-order valence-electron chi connectivity index (χ1n) is 5.82. The molecule has 2 N–H and O–H groups in total. The molecule has 0 atom stereocenters. The van der Waals surface area contributed by atoms with Crippen molar-refractivity contribution in [1.82, 2.24) is 0 Å². The molecule has 2 rings (SSSR count). The predicted molar refractivity (Wildman–Crippen MR) is 74.9 cm³/mol. The third-order valence-corrected chi connectivity index (χ3v) is 2.95. The lowest BCUT2D eigenvalue weighted by atomic mass is 9.98. The van der Waals surface area contributed by atoms with Crippen LogP contribution < -0.4 is 4.90 Å². The molecule has 0 amide bonds. The summed E-state index contributed by atoms with van der Waals surface area (Å²) in [7, 11) is 3.78. The summed E-state index contributed by atoms with van der Waals surface area (Å²) in [5.74, 6) is 0.0664. The molecule has 2 aromatic rings. The number of aldehydes is 1. The molecule has 0 spiro atoms. The van der Waals surface area contributed by atoms with Gasteiger partial charge in [-0.2, -0.15) is 0 Å². The van der Waals surface area contributed by atoms with E-state index in [9.17, 15) is 15.0 Å². The molecule has 4 nitrogen and oxygen atoms in total. The van der Waals surface area contributed by atoms with E-state index in [1.54, 1.807) is 12.1 Å². The van der Waals surface area contributed by atoms with Gasteiger partial charge >= 0.3 is 0 Å². The highest BCUT2D eigenvalue weighted by molar-refractivity contribution is 5.91. The normalized spacial score (nSPS) is 10.2. The molecule has 4 heteroatoms. The summed E-state index contributed by atoms with van der Waals surface area (Å²) < 4.78 is 0. The van der Waals surface area contributed by atoms with Crippen LogP contribution in [0, 0.1) is 0 Å². The third-order valence-electron chi connectivity index (χ3n) is 2.95. The van der Waals surface area contributed by atoms with Crippen molar-refractivity contribution in [3.8, 4) is 22.6 Å². The van der Waals surface area contributed by atoms with Crippen molar-refractivity contribution in [1.29, 1.82) is 0 Å². The highest BCUT2D eigenvalue weighted by atomic mass is 16.3. The van der Waals surface area contributed by atoms with E-state index in [2.05, 4.69) is 0 Å². The lowest BCUT2D eigenvalue weighted by molar-refractivity contribution is 0.112. The summed E-state index contributed by atoms with van der Waals surface area (Å²) in [4.78, 5) is 13.0. The quantitative estimate of drug-likeness (QED) is 0.655. The van der Waals surface area contributed by atoms with Crippen molar-refractivity contribution in [2.24, 2.45) is 0 Å². The second-order valence-corrected chi connectivity index (χ2v) is 4.49. The van der Waals surface area contributed by atoms with Crippen molar-refractivity contribution < 1.29 is 15.0 Å². The van der Waals surface area contributed by atoms with Crippen LogP contribution >= 0.6 is 0 Å². The van der Waals surface area contributed by atoms with E-state index in [0.717, 1.165) is 12.0 Å². The molecule has 0 radical (unpaired) electrons. The Morgan fingerprint density at radius 1 is 1.00 bits per heavy atom. The molecule has 0 saturated carbocycles. The van der Waals surface area contributed by atoms with Crippen molar-refractivity contribution >= 4 is 12.0 Å². The number of phenolic OH excluding ortho intramolecular Hbond substituents is 2. The molecule has 0 aliphatic rings.